The van der Waals surface area contributed by atoms with E-state index in [1.54, 1.807) is 11.0 Å². The summed E-state index contributed by atoms with van der Waals surface area (Å²) in [5.74, 6) is -0.530. The molecule has 0 atom stereocenters. The number of carbonyl (C=O) groups excluding carboxylic acids is 1. The monoisotopic (exact) mass is 267 g/mol. The molecule has 1 fully saturated rings. The summed E-state index contributed by atoms with van der Waals surface area (Å²) in [6, 6.07) is 3.06. The number of likely N-dealkylation sites (tertiary alicyclic amines) is 1. The van der Waals surface area contributed by atoms with E-state index in [2.05, 4.69) is 0 Å². The molecule has 6 heteroatoms. The van der Waals surface area contributed by atoms with Crippen LogP contribution in [-0.2, 0) is 4.74 Å². The Morgan fingerprint density at radius 2 is 2.00 bits per heavy atom. The second-order valence-corrected chi connectivity index (χ2v) is 5.59. The minimum absolute atomic E-state index is 0.0422. The first-order valence-electron chi connectivity index (χ1n) is 6.07. The number of rotatable bonds is 2. The first kappa shape index (κ1) is 13.5. The average molecular weight is 267 g/mol. The zero-order valence-corrected chi connectivity index (χ0v) is 11.2. The van der Waals surface area contributed by atoms with E-state index >= 15 is 0 Å². The van der Waals surface area contributed by atoms with Crippen LogP contribution in [0.5, 0.6) is 0 Å². The standard InChI is InChI=1S/C13H17NO5/c1-13(2,3)19-12(17)14-6-8(7-14)9-4-5-10(18-9)11(15)16/h4-5,8H,6-7H2,1-3H3,(H,15,16). The molecule has 1 N–H and O–H groups in total. The highest BCUT2D eigenvalue weighted by Gasteiger charge is 2.36. The number of carbonyl (C=O) groups is 2. The molecule has 6 nitrogen and oxygen atoms in total. The van der Waals surface area contributed by atoms with Gasteiger partial charge in [-0.2, -0.15) is 0 Å². The molecule has 0 unspecified atom stereocenters. The van der Waals surface area contributed by atoms with Crippen molar-refractivity contribution >= 4 is 12.1 Å². The van der Waals surface area contributed by atoms with Crippen LogP contribution in [-0.4, -0.2) is 40.8 Å². The van der Waals surface area contributed by atoms with Gasteiger partial charge in [-0.3, -0.25) is 0 Å². The Morgan fingerprint density at radius 3 is 2.47 bits per heavy atom. The van der Waals surface area contributed by atoms with Gasteiger partial charge in [-0.1, -0.05) is 0 Å². The van der Waals surface area contributed by atoms with Crippen molar-refractivity contribution in [2.24, 2.45) is 0 Å². The molecule has 0 aromatic carbocycles. The third kappa shape index (κ3) is 3.07. The number of aromatic carboxylic acids is 1. The number of nitrogens with zero attached hydrogens (tertiary/aromatic N) is 1. The Hall–Kier alpha value is -1.98. The Morgan fingerprint density at radius 1 is 1.37 bits per heavy atom. The lowest BCUT2D eigenvalue weighted by atomic mass is 9.98. The Balaban J connectivity index is 1.89. The molecule has 1 saturated heterocycles. The summed E-state index contributed by atoms with van der Waals surface area (Å²) in [4.78, 5) is 24.0. The van der Waals surface area contributed by atoms with Gasteiger partial charge in [0.25, 0.3) is 0 Å². The number of carboxylic acids is 1. The van der Waals surface area contributed by atoms with Crippen molar-refractivity contribution in [2.45, 2.75) is 32.3 Å². The minimum Gasteiger partial charge on any atom is -0.475 e. The van der Waals surface area contributed by atoms with E-state index in [0.29, 0.717) is 18.8 Å². The van der Waals surface area contributed by atoms with Crippen LogP contribution in [0.25, 0.3) is 0 Å². The van der Waals surface area contributed by atoms with Gasteiger partial charge in [-0.05, 0) is 32.9 Å². The molecule has 0 aliphatic carbocycles. The Kier molecular flexibility index (Phi) is 3.26. The van der Waals surface area contributed by atoms with Gasteiger partial charge in [-0.25, -0.2) is 9.59 Å². The largest absolute Gasteiger partial charge is 0.475 e. The van der Waals surface area contributed by atoms with Gasteiger partial charge in [0.2, 0.25) is 5.76 Å². The molecule has 0 spiro atoms. The molecule has 0 saturated carbocycles. The number of ether oxygens (including phenoxy) is 1. The van der Waals surface area contributed by atoms with Crippen LogP contribution in [0.4, 0.5) is 4.79 Å². The quantitative estimate of drug-likeness (QED) is 0.889. The lowest BCUT2D eigenvalue weighted by Gasteiger charge is -2.38. The Bertz CT molecular complexity index is 493. The maximum Gasteiger partial charge on any atom is 0.410 e. The van der Waals surface area contributed by atoms with E-state index in [9.17, 15) is 9.59 Å². The summed E-state index contributed by atoms with van der Waals surface area (Å²) in [6.45, 7) is 6.42. The molecule has 0 bridgehead atoms. The molecule has 19 heavy (non-hydrogen) atoms. The molecule has 0 radical (unpaired) electrons. The number of furan rings is 1. The highest BCUT2D eigenvalue weighted by atomic mass is 16.6. The van der Waals surface area contributed by atoms with E-state index in [4.69, 9.17) is 14.3 Å². The van der Waals surface area contributed by atoms with Crippen molar-refractivity contribution < 1.29 is 23.8 Å². The third-order valence-corrected chi connectivity index (χ3v) is 2.77. The third-order valence-electron chi connectivity index (χ3n) is 2.77. The maximum atomic E-state index is 11.7. The van der Waals surface area contributed by atoms with Gasteiger partial charge < -0.3 is 19.2 Å². The van der Waals surface area contributed by atoms with Gasteiger partial charge in [0.15, 0.2) is 0 Å². The first-order valence-corrected chi connectivity index (χ1v) is 6.07. The van der Waals surface area contributed by atoms with E-state index < -0.39 is 11.6 Å². The first-order chi connectivity index (χ1) is 8.76. The predicted molar refractivity (Wildman–Crippen MR) is 66.2 cm³/mol. The van der Waals surface area contributed by atoms with Crippen molar-refractivity contribution in [3.63, 3.8) is 0 Å². The maximum absolute atomic E-state index is 11.7. The van der Waals surface area contributed by atoms with E-state index in [0.717, 1.165) is 0 Å². The second-order valence-electron chi connectivity index (χ2n) is 5.59. The van der Waals surface area contributed by atoms with Crippen molar-refractivity contribution in [1.82, 2.24) is 4.90 Å². The highest BCUT2D eigenvalue weighted by molar-refractivity contribution is 5.84. The fraction of sp³-hybridized carbons (Fsp3) is 0.538. The molecule has 1 aliphatic heterocycles. The molecule has 1 aliphatic rings. The molecule has 2 heterocycles. The summed E-state index contributed by atoms with van der Waals surface area (Å²) >= 11 is 0. The minimum atomic E-state index is -1.09. The van der Waals surface area contributed by atoms with Crippen LogP contribution in [0.3, 0.4) is 0 Å². The summed E-state index contributed by atoms with van der Waals surface area (Å²) < 4.78 is 10.4. The van der Waals surface area contributed by atoms with E-state index in [1.165, 1.54) is 6.07 Å². The zero-order chi connectivity index (χ0) is 14.2. The second kappa shape index (κ2) is 4.60. The fourth-order valence-corrected chi connectivity index (χ4v) is 1.82. The molecule has 1 aromatic rings. The van der Waals surface area contributed by atoms with Gasteiger partial charge in [0.05, 0.1) is 5.92 Å². The van der Waals surface area contributed by atoms with Crippen molar-refractivity contribution in [1.29, 1.82) is 0 Å². The summed E-state index contributed by atoms with van der Waals surface area (Å²) in [5.41, 5.74) is -0.511. The molecular formula is C13H17NO5. The number of hydrogen-bond acceptors (Lipinski definition) is 4. The Labute approximate surface area is 110 Å². The van der Waals surface area contributed by atoms with Crippen LogP contribution in [0.1, 0.15) is 43.0 Å². The van der Waals surface area contributed by atoms with Crippen LogP contribution >= 0.6 is 0 Å². The van der Waals surface area contributed by atoms with Gasteiger partial charge in [0, 0.05) is 13.1 Å². The molecule has 104 valence electrons. The van der Waals surface area contributed by atoms with Crippen LogP contribution in [0, 0.1) is 0 Å². The van der Waals surface area contributed by atoms with Crippen LogP contribution in [0.15, 0.2) is 16.5 Å². The predicted octanol–water partition coefficient (Wildman–Crippen LogP) is 2.31. The number of amides is 1. The SMILES string of the molecule is CC(C)(C)OC(=O)N1CC(c2ccc(C(=O)O)o2)C1. The average Bonchev–Trinajstić information content (AvgIpc) is 2.61. The van der Waals surface area contributed by atoms with Crippen LogP contribution in [0.2, 0.25) is 0 Å². The number of hydrogen-bond donors (Lipinski definition) is 1. The van der Waals surface area contributed by atoms with Gasteiger partial charge >= 0.3 is 12.1 Å². The number of carboxylic acid groups (broad SMARTS) is 1. The summed E-state index contributed by atoms with van der Waals surface area (Å²) in [5, 5.41) is 8.76. The molecule has 2 rings (SSSR count). The van der Waals surface area contributed by atoms with Crippen molar-refractivity contribution in [2.75, 3.05) is 13.1 Å². The van der Waals surface area contributed by atoms with Gasteiger partial charge in [0.1, 0.15) is 11.4 Å². The molecule has 1 amide bonds. The van der Waals surface area contributed by atoms with Crippen molar-refractivity contribution in [3.8, 4) is 0 Å². The lowest BCUT2D eigenvalue weighted by Crippen LogP contribution is -2.50. The highest BCUT2D eigenvalue weighted by Crippen LogP contribution is 2.29. The fourth-order valence-electron chi connectivity index (χ4n) is 1.82. The van der Waals surface area contributed by atoms with E-state index in [1.807, 2.05) is 20.8 Å². The van der Waals surface area contributed by atoms with E-state index in [-0.39, 0.29) is 17.8 Å². The van der Waals surface area contributed by atoms with Gasteiger partial charge in [-0.15, -0.1) is 0 Å². The molecule has 1 aromatic heterocycles. The summed E-state index contributed by atoms with van der Waals surface area (Å²) in [6.07, 6.45) is -0.353. The van der Waals surface area contributed by atoms with Crippen molar-refractivity contribution in [3.05, 3.63) is 23.7 Å². The topological polar surface area (TPSA) is 80.0 Å². The molecular weight excluding hydrogens is 250 g/mol. The lowest BCUT2D eigenvalue weighted by molar-refractivity contribution is 0.00628. The smallest absolute Gasteiger partial charge is 0.410 e. The normalized spacial score (nSPS) is 16.1. The van der Waals surface area contributed by atoms with Crippen LogP contribution < -0.4 is 0 Å². The summed E-state index contributed by atoms with van der Waals surface area (Å²) in [7, 11) is 0. The zero-order valence-electron chi connectivity index (χ0n) is 11.2.